The molecule has 0 aliphatic carbocycles. The van der Waals surface area contributed by atoms with Crippen LogP contribution in [0.4, 0.5) is 0 Å². The molecule has 0 saturated carbocycles. The third kappa shape index (κ3) is 3.72. The lowest BCUT2D eigenvalue weighted by Crippen LogP contribution is -2.37. The van der Waals surface area contributed by atoms with Gasteiger partial charge < -0.3 is 14.4 Å². The number of fused-ring (bicyclic) bond motifs is 1. The van der Waals surface area contributed by atoms with Crippen LogP contribution in [0, 0.1) is 0 Å². The van der Waals surface area contributed by atoms with Crippen LogP contribution in [0.1, 0.15) is 12.8 Å². The topological polar surface area (TPSA) is 51.7 Å². The molecule has 0 bridgehead atoms. The Bertz CT molecular complexity index is 932. The number of nitrogens with zero attached hydrogens (tertiary/aromatic N) is 2. The summed E-state index contributed by atoms with van der Waals surface area (Å²) in [6.45, 7) is 1.52. The van der Waals surface area contributed by atoms with Gasteiger partial charge in [0.25, 0.3) is 0 Å². The predicted octanol–water partition coefficient (Wildman–Crippen LogP) is 3.91. The van der Waals surface area contributed by atoms with Crippen molar-refractivity contribution < 1.29 is 14.3 Å². The molecular formula is C22H22N2O3. The van der Waals surface area contributed by atoms with Gasteiger partial charge in [-0.3, -0.25) is 9.78 Å². The van der Waals surface area contributed by atoms with Gasteiger partial charge in [0, 0.05) is 43.1 Å². The molecule has 138 valence electrons. The van der Waals surface area contributed by atoms with Gasteiger partial charge in [-0.1, -0.05) is 18.2 Å². The maximum atomic E-state index is 10.8. The van der Waals surface area contributed by atoms with Gasteiger partial charge >= 0.3 is 0 Å². The summed E-state index contributed by atoms with van der Waals surface area (Å²) in [7, 11) is 1.67. The highest BCUT2D eigenvalue weighted by Gasteiger charge is 2.19. The summed E-state index contributed by atoms with van der Waals surface area (Å²) in [5.41, 5.74) is 3.04. The number of hydrogen-bond donors (Lipinski definition) is 0. The Morgan fingerprint density at radius 1 is 1.07 bits per heavy atom. The lowest BCUT2D eigenvalue weighted by atomic mass is 10.0. The van der Waals surface area contributed by atoms with Crippen molar-refractivity contribution in [2.75, 3.05) is 20.2 Å². The second kappa shape index (κ2) is 7.66. The lowest BCUT2D eigenvalue weighted by Gasteiger charge is -2.29. The maximum Gasteiger partial charge on any atom is 0.209 e. The molecule has 3 aromatic rings. The molecule has 1 saturated heterocycles. The second-order valence-electron chi connectivity index (χ2n) is 6.73. The molecule has 2 aromatic carbocycles. The Kier molecular flexibility index (Phi) is 4.92. The summed E-state index contributed by atoms with van der Waals surface area (Å²) in [6.07, 6.45) is 4.70. The van der Waals surface area contributed by atoms with Crippen molar-refractivity contribution in [2.24, 2.45) is 0 Å². The summed E-state index contributed by atoms with van der Waals surface area (Å²) in [5, 5.41) is 1.000. The van der Waals surface area contributed by atoms with E-state index in [4.69, 9.17) is 9.47 Å². The first-order valence-corrected chi connectivity index (χ1v) is 9.16. The number of benzene rings is 2. The molecule has 27 heavy (non-hydrogen) atoms. The van der Waals surface area contributed by atoms with E-state index in [0.29, 0.717) is 0 Å². The number of likely N-dealkylation sites (tertiary alicyclic amines) is 1. The van der Waals surface area contributed by atoms with Gasteiger partial charge in [-0.15, -0.1) is 0 Å². The Morgan fingerprint density at radius 2 is 1.85 bits per heavy atom. The van der Waals surface area contributed by atoms with Gasteiger partial charge in [-0.2, -0.15) is 0 Å². The van der Waals surface area contributed by atoms with E-state index in [-0.39, 0.29) is 6.10 Å². The molecule has 2 heterocycles. The van der Waals surface area contributed by atoms with E-state index < -0.39 is 0 Å². The first kappa shape index (κ1) is 17.3. The van der Waals surface area contributed by atoms with Gasteiger partial charge in [0.2, 0.25) is 6.41 Å². The van der Waals surface area contributed by atoms with Crippen molar-refractivity contribution in [1.29, 1.82) is 0 Å². The average molecular weight is 362 g/mol. The average Bonchev–Trinajstić information content (AvgIpc) is 2.74. The fourth-order valence-electron chi connectivity index (χ4n) is 3.48. The largest absolute Gasteiger partial charge is 0.496 e. The Hall–Kier alpha value is -3.08. The van der Waals surface area contributed by atoms with Crippen LogP contribution in [-0.4, -0.2) is 42.6 Å². The highest BCUT2D eigenvalue weighted by molar-refractivity contribution is 5.88. The number of methoxy groups -OCH3 is 1. The minimum Gasteiger partial charge on any atom is -0.496 e. The monoisotopic (exact) mass is 362 g/mol. The quantitative estimate of drug-likeness (QED) is 0.646. The maximum absolute atomic E-state index is 10.8. The molecule has 0 spiro atoms. The number of piperidine rings is 1. The molecular weight excluding hydrogens is 340 g/mol. The lowest BCUT2D eigenvalue weighted by molar-refractivity contribution is -0.119. The highest BCUT2D eigenvalue weighted by Crippen LogP contribution is 2.30. The molecule has 5 nitrogen and oxygen atoms in total. The third-order valence-corrected chi connectivity index (χ3v) is 5.02. The highest BCUT2D eigenvalue weighted by atomic mass is 16.5. The van der Waals surface area contributed by atoms with Crippen molar-refractivity contribution >= 4 is 17.3 Å². The van der Waals surface area contributed by atoms with E-state index in [2.05, 4.69) is 11.1 Å². The van der Waals surface area contributed by atoms with E-state index in [9.17, 15) is 4.79 Å². The number of aromatic nitrogens is 1. The minimum absolute atomic E-state index is 0.165. The van der Waals surface area contributed by atoms with E-state index in [0.717, 1.165) is 65.9 Å². The van der Waals surface area contributed by atoms with Crippen molar-refractivity contribution in [3.63, 3.8) is 0 Å². The summed E-state index contributed by atoms with van der Waals surface area (Å²) in [6, 6.07) is 16.1. The summed E-state index contributed by atoms with van der Waals surface area (Å²) < 4.78 is 11.5. The fourth-order valence-corrected chi connectivity index (χ4v) is 3.48. The number of hydrogen-bond acceptors (Lipinski definition) is 4. The third-order valence-electron chi connectivity index (χ3n) is 5.02. The van der Waals surface area contributed by atoms with E-state index >= 15 is 0 Å². The molecule has 0 N–H and O–H groups in total. The molecule has 1 fully saturated rings. The van der Waals surface area contributed by atoms with Crippen LogP contribution in [0.2, 0.25) is 0 Å². The van der Waals surface area contributed by atoms with Crippen molar-refractivity contribution in [3.8, 4) is 22.6 Å². The normalized spacial score (nSPS) is 14.9. The van der Waals surface area contributed by atoms with Gasteiger partial charge in [0.15, 0.2) is 0 Å². The van der Waals surface area contributed by atoms with Gasteiger partial charge in [-0.05, 0) is 35.9 Å². The van der Waals surface area contributed by atoms with Crippen LogP contribution >= 0.6 is 0 Å². The second-order valence-corrected chi connectivity index (χ2v) is 6.73. The van der Waals surface area contributed by atoms with Gasteiger partial charge in [0.1, 0.15) is 17.6 Å². The Morgan fingerprint density at radius 3 is 2.56 bits per heavy atom. The Balaban J connectivity index is 1.50. The van der Waals surface area contributed by atoms with Crippen LogP contribution in [0.25, 0.3) is 22.0 Å². The minimum atomic E-state index is 0.165. The SMILES string of the molecule is COc1cccc2ncc(-c3ccc(OC4CCN(C=O)CC4)cc3)cc12. The zero-order valence-corrected chi connectivity index (χ0v) is 15.3. The molecule has 5 heteroatoms. The number of rotatable bonds is 5. The summed E-state index contributed by atoms with van der Waals surface area (Å²) in [5.74, 6) is 1.68. The molecule has 1 aliphatic rings. The summed E-state index contributed by atoms with van der Waals surface area (Å²) >= 11 is 0. The number of carbonyl (C=O) groups excluding carboxylic acids is 1. The van der Waals surface area contributed by atoms with Crippen LogP contribution in [0.15, 0.2) is 54.7 Å². The smallest absolute Gasteiger partial charge is 0.209 e. The van der Waals surface area contributed by atoms with Crippen LogP contribution in [0.5, 0.6) is 11.5 Å². The summed E-state index contributed by atoms with van der Waals surface area (Å²) in [4.78, 5) is 17.1. The van der Waals surface area contributed by atoms with Crippen molar-refractivity contribution in [2.45, 2.75) is 18.9 Å². The standard InChI is InChI=1S/C22H22N2O3/c1-26-22-4-2-3-21-20(22)13-17(14-23-21)16-5-7-18(8-6-16)27-19-9-11-24(15-25)12-10-19/h2-8,13-15,19H,9-12H2,1H3. The zero-order chi connectivity index (χ0) is 18.6. The molecule has 1 amide bonds. The molecule has 4 rings (SSSR count). The molecule has 0 radical (unpaired) electrons. The van der Waals surface area contributed by atoms with Crippen LogP contribution < -0.4 is 9.47 Å². The predicted molar refractivity (Wildman–Crippen MR) is 105 cm³/mol. The van der Waals surface area contributed by atoms with E-state index in [1.54, 1.807) is 12.0 Å². The Labute approximate surface area is 158 Å². The van der Waals surface area contributed by atoms with Crippen molar-refractivity contribution in [3.05, 3.63) is 54.7 Å². The number of ether oxygens (including phenoxy) is 2. The number of carbonyl (C=O) groups is 1. The first-order chi connectivity index (χ1) is 13.3. The fraction of sp³-hybridized carbons (Fsp3) is 0.273. The molecule has 1 aliphatic heterocycles. The first-order valence-electron chi connectivity index (χ1n) is 9.16. The van der Waals surface area contributed by atoms with E-state index in [1.165, 1.54) is 0 Å². The van der Waals surface area contributed by atoms with Gasteiger partial charge in [0.05, 0.1) is 12.6 Å². The molecule has 0 atom stereocenters. The zero-order valence-electron chi connectivity index (χ0n) is 15.3. The van der Waals surface area contributed by atoms with Crippen LogP contribution in [0.3, 0.4) is 0 Å². The molecule has 0 unspecified atom stereocenters. The number of amides is 1. The van der Waals surface area contributed by atoms with Gasteiger partial charge in [-0.25, -0.2) is 0 Å². The van der Waals surface area contributed by atoms with E-state index in [1.807, 2.05) is 48.7 Å². The van der Waals surface area contributed by atoms with Crippen molar-refractivity contribution in [1.82, 2.24) is 9.88 Å². The molecule has 1 aromatic heterocycles. The van der Waals surface area contributed by atoms with Crippen LogP contribution in [-0.2, 0) is 4.79 Å². The number of pyridine rings is 1.